The van der Waals surface area contributed by atoms with Gasteiger partial charge in [-0.15, -0.1) is 0 Å². The summed E-state index contributed by atoms with van der Waals surface area (Å²) in [4.78, 5) is 30.4. The number of hydrogen-bond acceptors (Lipinski definition) is 4. The van der Waals surface area contributed by atoms with Crippen molar-refractivity contribution in [2.45, 2.75) is 69.0 Å². The predicted molar refractivity (Wildman–Crippen MR) is 193 cm³/mol. The maximum Gasteiger partial charge on any atom is 0.264 e. The lowest BCUT2D eigenvalue weighted by Gasteiger charge is -2.35. The van der Waals surface area contributed by atoms with Gasteiger partial charge in [-0.05, 0) is 61.7 Å². The van der Waals surface area contributed by atoms with Crippen LogP contribution in [0.2, 0.25) is 15.1 Å². The minimum atomic E-state index is -4.29. The summed E-state index contributed by atoms with van der Waals surface area (Å²) in [5.41, 5.74) is 2.29. The zero-order valence-electron chi connectivity index (χ0n) is 26.6. The first-order chi connectivity index (χ1) is 23.0. The zero-order chi connectivity index (χ0) is 34.3. The number of sulfonamides is 1. The average Bonchev–Trinajstić information content (AvgIpc) is 3.07. The molecule has 0 aliphatic heterocycles. The third-order valence-electron chi connectivity index (χ3n) is 8.62. The highest BCUT2D eigenvalue weighted by molar-refractivity contribution is 7.92. The normalized spacial score (nSPS) is 14.2. The van der Waals surface area contributed by atoms with Crippen LogP contribution in [-0.2, 0) is 32.6 Å². The van der Waals surface area contributed by atoms with Gasteiger partial charge in [-0.25, -0.2) is 8.42 Å². The van der Waals surface area contributed by atoms with Gasteiger partial charge in [0.15, 0.2) is 0 Å². The van der Waals surface area contributed by atoms with Crippen LogP contribution in [0.25, 0.3) is 0 Å². The lowest BCUT2D eigenvalue weighted by molar-refractivity contribution is -0.140. The molecule has 0 bridgehead atoms. The van der Waals surface area contributed by atoms with Crippen molar-refractivity contribution in [3.63, 3.8) is 0 Å². The van der Waals surface area contributed by atoms with Crippen LogP contribution in [0.3, 0.4) is 0 Å². The molecule has 0 saturated heterocycles. The predicted octanol–water partition coefficient (Wildman–Crippen LogP) is 8.24. The molecule has 0 heterocycles. The number of nitrogens with one attached hydrogen (secondary N) is 1. The van der Waals surface area contributed by atoms with Gasteiger partial charge in [0, 0.05) is 34.6 Å². The molecule has 0 radical (unpaired) electrons. The second-order valence-electron chi connectivity index (χ2n) is 12.0. The van der Waals surface area contributed by atoms with Gasteiger partial charge in [-0.2, -0.15) is 0 Å². The standard InChI is InChI=1S/C37H38Cl3N3O4S/c1-26-19-21-29(22-20-26)48(46,47)43(34-18-9-8-15-33(34)40)25-36(44)42(24-30-31(38)16-10-17-32(30)39)35(23-27-11-4-2-5-12-27)37(45)41-28-13-6-3-7-14-28/h2,4-5,8-12,15-22,28,35H,3,6-7,13-14,23-25H2,1H3,(H,41,45)/t35-/m1/s1. The Morgan fingerprint density at radius 3 is 2.04 bits per heavy atom. The quantitative estimate of drug-likeness (QED) is 0.159. The molecule has 1 saturated carbocycles. The molecule has 0 spiro atoms. The summed E-state index contributed by atoms with van der Waals surface area (Å²) in [6.45, 7) is 1.09. The summed E-state index contributed by atoms with van der Waals surface area (Å²) in [5, 5.41) is 3.99. The minimum Gasteiger partial charge on any atom is -0.352 e. The van der Waals surface area contributed by atoms with Crippen molar-refractivity contribution < 1.29 is 18.0 Å². The number of anilines is 1. The zero-order valence-corrected chi connectivity index (χ0v) is 29.7. The molecule has 11 heteroatoms. The Morgan fingerprint density at radius 2 is 1.40 bits per heavy atom. The molecule has 5 rings (SSSR count). The van der Waals surface area contributed by atoms with Crippen LogP contribution in [0.1, 0.15) is 48.8 Å². The fourth-order valence-corrected chi connectivity index (χ4v) is 8.19. The van der Waals surface area contributed by atoms with E-state index >= 15 is 0 Å². The van der Waals surface area contributed by atoms with Crippen molar-refractivity contribution in [3.8, 4) is 0 Å². The molecule has 1 aliphatic carbocycles. The van der Waals surface area contributed by atoms with Crippen LogP contribution in [0.4, 0.5) is 5.69 Å². The number of carbonyl (C=O) groups excluding carboxylic acids is 2. The van der Waals surface area contributed by atoms with Crippen molar-refractivity contribution in [1.82, 2.24) is 10.2 Å². The van der Waals surface area contributed by atoms with Crippen molar-refractivity contribution in [2.24, 2.45) is 0 Å². The lowest BCUT2D eigenvalue weighted by atomic mass is 9.94. The monoisotopic (exact) mass is 725 g/mol. The average molecular weight is 727 g/mol. The fraction of sp³-hybridized carbons (Fsp3) is 0.297. The highest BCUT2D eigenvalue weighted by atomic mass is 35.5. The smallest absolute Gasteiger partial charge is 0.264 e. The fourth-order valence-electron chi connectivity index (χ4n) is 5.96. The highest BCUT2D eigenvalue weighted by Gasteiger charge is 2.36. The van der Waals surface area contributed by atoms with Gasteiger partial charge in [0.1, 0.15) is 12.6 Å². The number of carbonyl (C=O) groups is 2. The molecule has 252 valence electrons. The molecule has 4 aromatic carbocycles. The number of hydrogen-bond donors (Lipinski definition) is 1. The maximum atomic E-state index is 14.7. The van der Waals surface area contributed by atoms with Gasteiger partial charge in [-0.3, -0.25) is 13.9 Å². The number of nitrogens with zero attached hydrogens (tertiary/aromatic N) is 2. The van der Waals surface area contributed by atoms with Crippen LogP contribution >= 0.6 is 34.8 Å². The molecular weight excluding hydrogens is 689 g/mol. The molecule has 0 unspecified atom stereocenters. The Bertz CT molecular complexity index is 1810. The van der Waals surface area contributed by atoms with Crippen molar-refractivity contribution in [3.05, 3.63) is 129 Å². The van der Waals surface area contributed by atoms with E-state index in [1.54, 1.807) is 54.6 Å². The molecule has 1 atom stereocenters. The van der Waals surface area contributed by atoms with E-state index in [1.165, 1.54) is 17.0 Å². The summed E-state index contributed by atoms with van der Waals surface area (Å²) < 4.78 is 29.5. The third kappa shape index (κ3) is 8.72. The van der Waals surface area contributed by atoms with E-state index in [2.05, 4.69) is 5.32 Å². The van der Waals surface area contributed by atoms with Crippen molar-refractivity contribution in [2.75, 3.05) is 10.8 Å². The van der Waals surface area contributed by atoms with Crippen LogP contribution in [0.5, 0.6) is 0 Å². The summed E-state index contributed by atoms with van der Waals surface area (Å²) in [5.74, 6) is -0.950. The summed E-state index contributed by atoms with van der Waals surface area (Å²) >= 11 is 19.8. The van der Waals surface area contributed by atoms with Gasteiger partial charge < -0.3 is 10.2 Å². The SMILES string of the molecule is Cc1ccc(S(=O)(=O)N(CC(=O)N(Cc2c(Cl)cccc2Cl)[C@H](Cc2ccccc2)C(=O)NC2CCCCC2)c2ccccc2Cl)cc1. The number of halogens is 3. The molecule has 0 aromatic heterocycles. The Morgan fingerprint density at radius 1 is 0.792 bits per heavy atom. The van der Waals surface area contributed by atoms with E-state index in [4.69, 9.17) is 34.8 Å². The molecule has 4 aromatic rings. The molecule has 1 fully saturated rings. The molecule has 48 heavy (non-hydrogen) atoms. The number of rotatable bonds is 12. The number of aryl methyl sites for hydroxylation is 1. The second-order valence-corrected chi connectivity index (χ2v) is 15.1. The Kier molecular flexibility index (Phi) is 12.1. The summed E-state index contributed by atoms with van der Waals surface area (Å²) in [7, 11) is -4.29. The van der Waals surface area contributed by atoms with E-state index in [0.717, 1.165) is 47.5 Å². The van der Waals surface area contributed by atoms with Crippen LogP contribution in [-0.4, -0.2) is 43.8 Å². The van der Waals surface area contributed by atoms with Crippen LogP contribution in [0, 0.1) is 6.92 Å². The summed E-state index contributed by atoms with van der Waals surface area (Å²) in [6.07, 6.45) is 5.02. The van der Waals surface area contributed by atoms with Gasteiger partial charge in [0.2, 0.25) is 11.8 Å². The molecule has 2 amide bonds. The Hall–Kier alpha value is -3.56. The van der Waals surface area contributed by atoms with E-state index in [0.29, 0.717) is 15.6 Å². The highest BCUT2D eigenvalue weighted by Crippen LogP contribution is 2.32. The van der Waals surface area contributed by atoms with E-state index in [1.807, 2.05) is 37.3 Å². The van der Waals surface area contributed by atoms with Gasteiger partial charge in [0.25, 0.3) is 10.0 Å². The minimum absolute atomic E-state index is 0.00241. The first kappa shape index (κ1) is 35.7. The van der Waals surface area contributed by atoms with Gasteiger partial charge >= 0.3 is 0 Å². The number of amides is 2. The van der Waals surface area contributed by atoms with E-state index in [-0.39, 0.29) is 40.5 Å². The van der Waals surface area contributed by atoms with Crippen LogP contribution in [0.15, 0.2) is 102 Å². The molecule has 7 nitrogen and oxygen atoms in total. The Labute approximate surface area is 297 Å². The summed E-state index contributed by atoms with van der Waals surface area (Å²) in [6, 6.07) is 26.2. The Balaban J connectivity index is 1.60. The molecule has 1 N–H and O–H groups in total. The number of para-hydroxylation sites is 1. The van der Waals surface area contributed by atoms with Gasteiger partial charge in [-0.1, -0.05) is 120 Å². The molecular formula is C37H38Cl3N3O4S. The largest absolute Gasteiger partial charge is 0.352 e. The van der Waals surface area contributed by atoms with Gasteiger partial charge in [0.05, 0.1) is 15.6 Å². The first-order valence-corrected chi connectivity index (χ1v) is 18.5. The first-order valence-electron chi connectivity index (χ1n) is 15.9. The van der Waals surface area contributed by atoms with Crippen molar-refractivity contribution in [1.29, 1.82) is 0 Å². The second kappa shape index (κ2) is 16.2. The van der Waals surface area contributed by atoms with E-state index < -0.39 is 28.5 Å². The van der Waals surface area contributed by atoms with E-state index in [9.17, 15) is 18.0 Å². The van der Waals surface area contributed by atoms with Crippen molar-refractivity contribution >= 4 is 62.3 Å². The topological polar surface area (TPSA) is 86.8 Å². The maximum absolute atomic E-state index is 14.7. The lowest BCUT2D eigenvalue weighted by Crippen LogP contribution is -2.55. The third-order valence-corrected chi connectivity index (χ3v) is 11.4. The number of benzene rings is 4. The van der Waals surface area contributed by atoms with Crippen LogP contribution < -0.4 is 9.62 Å². The molecule has 1 aliphatic rings.